The Bertz CT molecular complexity index is 696. The first-order valence-corrected chi connectivity index (χ1v) is 6.38. The summed E-state index contributed by atoms with van der Waals surface area (Å²) < 4.78 is 1.82. The molecule has 0 bridgehead atoms. The number of aromatic carboxylic acids is 1. The van der Waals surface area contributed by atoms with Crippen LogP contribution in [-0.4, -0.2) is 25.8 Å². The fourth-order valence-corrected chi connectivity index (χ4v) is 2.35. The second-order valence-corrected chi connectivity index (χ2v) is 4.93. The first-order valence-electron chi connectivity index (χ1n) is 5.59. The van der Waals surface area contributed by atoms with E-state index in [1.165, 1.54) is 16.9 Å². The van der Waals surface area contributed by atoms with E-state index in [1.807, 2.05) is 0 Å². The number of aromatic nitrogens is 2. The van der Waals surface area contributed by atoms with E-state index in [1.54, 1.807) is 19.1 Å². The minimum Gasteiger partial charge on any atom is -0.478 e. The molecule has 104 valence electrons. The van der Waals surface area contributed by atoms with Gasteiger partial charge in [0.15, 0.2) is 0 Å². The molecule has 0 saturated heterocycles. The monoisotopic (exact) mass is 339 g/mol. The first-order chi connectivity index (χ1) is 9.40. The molecule has 0 spiro atoms. The quantitative estimate of drug-likeness (QED) is 0.681. The molecule has 0 aliphatic heterocycles. The van der Waals surface area contributed by atoms with Crippen molar-refractivity contribution in [3.05, 3.63) is 55.8 Å². The van der Waals surface area contributed by atoms with Crippen LogP contribution in [0.3, 0.4) is 0 Å². The van der Waals surface area contributed by atoms with Crippen molar-refractivity contribution in [3.8, 4) is 0 Å². The molecule has 1 heterocycles. The van der Waals surface area contributed by atoms with Crippen LogP contribution >= 0.6 is 15.9 Å². The Kier molecular flexibility index (Phi) is 3.84. The highest BCUT2D eigenvalue weighted by atomic mass is 79.9. The largest absolute Gasteiger partial charge is 0.478 e. The molecule has 0 radical (unpaired) electrons. The zero-order valence-corrected chi connectivity index (χ0v) is 12.0. The Labute approximate surface area is 122 Å². The Morgan fingerprint density at radius 2 is 2.25 bits per heavy atom. The first kappa shape index (κ1) is 14.2. The number of nitrogens with zero attached hydrogens (tertiary/aromatic N) is 3. The lowest BCUT2D eigenvalue weighted by Gasteiger charge is -2.05. The number of carboxylic acids is 1. The third-order valence-electron chi connectivity index (χ3n) is 2.76. The van der Waals surface area contributed by atoms with Gasteiger partial charge in [-0.15, -0.1) is 0 Å². The summed E-state index contributed by atoms with van der Waals surface area (Å²) in [6, 6.07) is 4.69. The highest BCUT2D eigenvalue weighted by Crippen LogP contribution is 2.28. The number of carboxylic acid groups (broad SMARTS) is 1. The van der Waals surface area contributed by atoms with Gasteiger partial charge in [-0.1, -0.05) is 12.1 Å². The summed E-state index contributed by atoms with van der Waals surface area (Å²) in [5.74, 6) is -1.05. The van der Waals surface area contributed by atoms with E-state index in [0.717, 1.165) is 0 Å². The number of carbonyl (C=O) groups is 1. The van der Waals surface area contributed by atoms with E-state index in [4.69, 9.17) is 5.11 Å². The van der Waals surface area contributed by atoms with Crippen LogP contribution in [0.25, 0.3) is 0 Å². The van der Waals surface area contributed by atoms with Crippen molar-refractivity contribution in [2.75, 3.05) is 0 Å². The van der Waals surface area contributed by atoms with E-state index in [2.05, 4.69) is 21.0 Å². The lowest BCUT2D eigenvalue weighted by Crippen LogP contribution is -2.02. The van der Waals surface area contributed by atoms with Gasteiger partial charge in [0, 0.05) is 12.3 Å². The second-order valence-electron chi connectivity index (χ2n) is 4.14. The number of nitro groups is 1. The molecular weight excluding hydrogens is 330 g/mol. The Hall–Kier alpha value is -2.22. The lowest BCUT2D eigenvalue weighted by atomic mass is 10.2. The summed E-state index contributed by atoms with van der Waals surface area (Å²) >= 11 is 3.19. The second kappa shape index (κ2) is 5.41. The normalized spacial score (nSPS) is 10.5. The van der Waals surface area contributed by atoms with Gasteiger partial charge >= 0.3 is 5.97 Å². The van der Waals surface area contributed by atoms with E-state index >= 15 is 0 Å². The van der Waals surface area contributed by atoms with Gasteiger partial charge in [0.25, 0.3) is 5.69 Å². The van der Waals surface area contributed by atoms with Crippen LogP contribution in [0.1, 0.15) is 21.6 Å². The average Bonchev–Trinajstić information content (AvgIpc) is 2.72. The summed E-state index contributed by atoms with van der Waals surface area (Å²) in [4.78, 5) is 21.3. The van der Waals surface area contributed by atoms with Crippen LogP contribution in [0.2, 0.25) is 0 Å². The highest BCUT2D eigenvalue weighted by Gasteiger charge is 2.17. The van der Waals surface area contributed by atoms with Crippen LogP contribution in [0.5, 0.6) is 0 Å². The van der Waals surface area contributed by atoms with Gasteiger partial charge in [0.1, 0.15) is 10.0 Å². The number of rotatable bonds is 4. The van der Waals surface area contributed by atoms with Gasteiger partial charge in [0.2, 0.25) is 0 Å². The molecular formula is C12H10BrN3O4. The molecule has 1 aromatic carbocycles. The fraction of sp³-hybridized carbons (Fsp3) is 0.167. The maximum atomic E-state index is 10.9. The SMILES string of the molecule is Cc1nn(Cc2cccc([N+](=O)[O-])c2Br)cc1C(=O)O. The van der Waals surface area contributed by atoms with Gasteiger partial charge < -0.3 is 5.11 Å². The van der Waals surface area contributed by atoms with Crippen molar-refractivity contribution in [2.24, 2.45) is 0 Å². The number of halogens is 1. The third kappa shape index (κ3) is 2.69. The summed E-state index contributed by atoms with van der Waals surface area (Å²) in [6.07, 6.45) is 1.41. The van der Waals surface area contributed by atoms with Crippen LogP contribution in [0.4, 0.5) is 5.69 Å². The molecule has 1 aromatic heterocycles. The van der Waals surface area contributed by atoms with Gasteiger partial charge in [-0.3, -0.25) is 14.8 Å². The number of nitro benzene ring substituents is 1. The molecule has 1 N–H and O–H groups in total. The summed E-state index contributed by atoms with van der Waals surface area (Å²) in [7, 11) is 0. The zero-order valence-electron chi connectivity index (χ0n) is 10.4. The molecule has 0 unspecified atom stereocenters. The van der Waals surface area contributed by atoms with Crippen molar-refractivity contribution in [1.29, 1.82) is 0 Å². The van der Waals surface area contributed by atoms with Crippen LogP contribution < -0.4 is 0 Å². The minimum atomic E-state index is -1.05. The Morgan fingerprint density at radius 3 is 2.80 bits per heavy atom. The summed E-state index contributed by atoms with van der Waals surface area (Å²) in [5, 5.41) is 23.9. The highest BCUT2D eigenvalue weighted by molar-refractivity contribution is 9.10. The Balaban J connectivity index is 2.35. The molecule has 7 nitrogen and oxygen atoms in total. The number of aryl methyl sites for hydroxylation is 1. The maximum absolute atomic E-state index is 10.9. The zero-order chi connectivity index (χ0) is 14.9. The molecule has 0 atom stereocenters. The van der Waals surface area contributed by atoms with Gasteiger partial charge in [0.05, 0.1) is 17.2 Å². The van der Waals surface area contributed by atoms with Gasteiger partial charge in [-0.25, -0.2) is 4.79 Å². The van der Waals surface area contributed by atoms with Crippen molar-refractivity contribution < 1.29 is 14.8 Å². The van der Waals surface area contributed by atoms with Crippen LogP contribution in [-0.2, 0) is 6.54 Å². The van der Waals surface area contributed by atoms with E-state index in [0.29, 0.717) is 15.7 Å². The van der Waals surface area contributed by atoms with Crippen molar-refractivity contribution in [3.63, 3.8) is 0 Å². The number of hydrogen-bond acceptors (Lipinski definition) is 4. The molecule has 2 aromatic rings. The lowest BCUT2D eigenvalue weighted by molar-refractivity contribution is -0.385. The third-order valence-corrected chi connectivity index (χ3v) is 3.68. The molecule has 8 heteroatoms. The number of hydrogen-bond donors (Lipinski definition) is 1. The van der Waals surface area contributed by atoms with Crippen molar-refractivity contribution in [1.82, 2.24) is 9.78 Å². The predicted molar refractivity (Wildman–Crippen MR) is 73.8 cm³/mol. The maximum Gasteiger partial charge on any atom is 0.339 e. The molecule has 0 aliphatic rings. The van der Waals surface area contributed by atoms with Crippen LogP contribution in [0, 0.1) is 17.0 Å². The summed E-state index contributed by atoms with van der Waals surface area (Å²) in [5.41, 5.74) is 1.13. The predicted octanol–water partition coefficient (Wildman–Crippen LogP) is 2.61. The minimum absolute atomic E-state index is 0.0372. The smallest absolute Gasteiger partial charge is 0.339 e. The standard InChI is InChI=1S/C12H10BrN3O4/c1-7-9(12(17)18)6-15(14-7)5-8-3-2-4-10(11(8)13)16(19)20/h2-4,6H,5H2,1H3,(H,17,18). The van der Waals surface area contributed by atoms with Crippen LogP contribution in [0.15, 0.2) is 28.9 Å². The van der Waals surface area contributed by atoms with E-state index in [-0.39, 0.29) is 17.8 Å². The molecule has 20 heavy (non-hydrogen) atoms. The molecule has 0 fully saturated rings. The van der Waals surface area contributed by atoms with Crippen molar-refractivity contribution >= 4 is 27.6 Å². The van der Waals surface area contributed by atoms with Crippen molar-refractivity contribution in [2.45, 2.75) is 13.5 Å². The van der Waals surface area contributed by atoms with E-state index < -0.39 is 10.9 Å². The summed E-state index contributed by atoms with van der Waals surface area (Å²) in [6.45, 7) is 1.85. The average molecular weight is 340 g/mol. The molecule has 0 amide bonds. The topological polar surface area (TPSA) is 98.3 Å². The molecule has 2 rings (SSSR count). The molecule has 0 saturated carbocycles. The Morgan fingerprint density at radius 1 is 1.55 bits per heavy atom. The number of benzene rings is 1. The van der Waals surface area contributed by atoms with E-state index in [9.17, 15) is 14.9 Å². The molecule has 0 aliphatic carbocycles. The van der Waals surface area contributed by atoms with Gasteiger partial charge in [-0.05, 0) is 28.4 Å². The van der Waals surface area contributed by atoms with Gasteiger partial charge in [-0.2, -0.15) is 5.10 Å². The fourth-order valence-electron chi connectivity index (χ4n) is 1.81.